The second kappa shape index (κ2) is 5.40. The molecular formula is C10H12N4O2S2. The number of nitrogens with two attached hydrogens (primary N) is 1. The van der Waals surface area contributed by atoms with E-state index in [2.05, 4.69) is 10.2 Å². The largest absolute Gasteiger partial charge is 0.481 e. The van der Waals surface area contributed by atoms with Crippen LogP contribution in [0.25, 0.3) is 0 Å². The molecule has 2 aromatic heterocycles. The first-order chi connectivity index (χ1) is 8.58. The fourth-order valence-electron chi connectivity index (χ4n) is 1.39. The summed E-state index contributed by atoms with van der Waals surface area (Å²) >= 11 is 2.75. The minimum absolute atomic E-state index is 0.0540. The number of thiophene rings is 1. The Labute approximate surface area is 112 Å². The third-order valence-electron chi connectivity index (χ3n) is 2.34. The van der Waals surface area contributed by atoms with E-state index in [-0.39, 0.29) is 5.75 Å². The van der Waals surface area contributed by atoms with Gasteiger partial charge in [-0.1, -0.05) is 11.8 Å². The monoisotopic (exact) mass is 284 g/mol. The zero-order valence-electron chi connectivity index (χ0n) is 9.66. The van der Waals surface area contributed by atoms with Crippen molar-refractivity contribution in [1.82, 2.24) is 14.8 Å². The lowest BCUT2D eigenvalue weighted by atomic mass is 10.3. The van der Waals surface area contributed by atoms with E-state index in [0.29, 0.717) is 17.6 Å². The Morgan fingerprint density at radius 3 is 3.00 bits per heavy atom. The Kier molecular flexibility index (Phi) is 3.87. The van der Waals surface area contributed by atoms with Crippen LogP contribution in [0.4, 0.5) is 5.95 Å². The molecule has 0 radical (unpaired) electrons. The Hall–Kier alpha value is -1.54. The summed E-state index contributed by atoms with van der Waals surface area (Å²) in [6, 6.07) is 2.03. The first kappa shape index (κ1) is 12.9. The molecule has 0 fully saturated rings. The normalized spacial score (nSPS) is 10.7. The Bertz CT molecular complexity index is 564. The fraction of sp³-hybridized carbons (Fsp3) is 0.300. The van der Waals surface area contributed by atoms with Gasteiger partial charge in [0.1, 0.15) is 0 Å². The second-order valence-electron chi connectivity index (χ2n) is 3.64. The molecule has 0 aromatic carbocycles. The van der Waals surface area contributed by atoms with Gasteiger partial charge in [0.25, 0.3) is 0 Å². The van der Waals surface area contributed by atoms with Gasteiger partial charge in [-0.2, -0.15) is 0 Å². The predicted octanol–water partition coefficient (Wildman–Crippen LogP) is 1.46. The molecule has 0 aliphatic rings. The third kappa shape index (κ3) is 2.82. The van der Waals surface area contributed by atoms with Crippen LogP contribution >= 0.6 is 23.1 Å². The van der Waals surface area contributed by atoms with Crippen molar-refractivity contribution in [2.24, 2.45) is 0 Å². The van der Waals surface area contributed by atoms with Crippen molar-refractivity contribution >= 4 is 35.0 Å². The maximum Gasteiger partial charge on any atom is 0.313 e. The van der Waals surface area contributed by atoms with Crippen LogP contribution in [0.5, 0.6) is 0 Å². The number of nitrogens with zero attached hydrogens (tertiary/aromatic N) is 3. The quantitative estimate of drug-likeness (QED) is 0.807. The molecule has 0 bridgehead atoms. The van der Waals surface area contributed by atoms with Crippen LogP contribution in [0, 0.1) is 6.92 Å². The van der Waals surface area contributed by atoms with Crippen molar-refractivity contribution in [1.29, 1.82) is 0 Å². The topological polar surface area (TPSA) is 94.0 Å². The molecule has 0 aliphatic heterocycles. The smallest absolute Gasteiger partial charge is 0.313 e. The molecule has 6 nitrogen and oxygen atoms in total. The number of rotatable bonds is 5. The lowest BCUT2D eigenvalue weighted by Gasteiger charge is -2.06. The summed E-state index contributed by atoms with van der Waals surface area (Å²) in [7, 11) is 0. The number of carboxylic acids is 1. The molecule has 2 rings (SSSR count). The predicted molar refractivity (Wildman–Crippen MR) is 71.0 cm³/mol. The average Bonchev–Trinajstić information content (AvgIpc) is 2.86. The zero-order chi connectivity index (χ0) is 13.1. The maximum atomic E-state index is 10.6. The van der Waals surface area contributed by atoms with Gasteiger partial charge in [0.15, 0.2) is 5.16 Å². The van der Waals surface area contributed by atoms with Gasteiger partial charge in [-0.05, 0) is 23.9 Å². The lowest BCUT2D eigenvalue weighted by molar-refractivity contribution is -0.133. The molecule has 96 valence electrons. The van der Waals surface area contributed by atoms with Crippen molar-refractivity contribution < 1.29 is 9.90 Å². The van der Waals surface area contributed by atoms with E-state index in [1.807, 2.05) is 18.4 Å². The van der Waals surface area contributed by atoms with E-state index in [1.54, 1.807) is 15.9 Å². The molecule has 0 saturated heterocycles. The van der Waals surface area contributed by atoms with Crippen molar-refractivity contribution in [3.05, 3.63) is 21.9 Å². The van der Waals surface area contributed by atoms with E-state index in [4.69, 9.17) is 10.8 Å². The summed E-state index contributed by atoms with van der Waals surface area (Å²) in [5, 5.41) is 18.9. The number of anilines is 1. The van der Waals surface area contributed by atoms with Gasteiger partial charge in [0, 0.05) is 4.88 Å². The SMILES string of the molecule is Cc1ccsc1Cn1c(N)nnc1SCC(=O)O. The summed E-state index contributed by atoms with van der Waals surface area (Å²) < 4.78 is 1.73. The van der Waals surface area contributed by atoms with Crippen LogP contribution < -0.4 is 5.73 Å². The van der Waals surface area contributed by atoms with Crippen LogP contribution in [0.15, 0.2) is 16.6 Å². The minimum atomic E-state index is -0.888. The van der Waals surface area contributed by atoms with Crippen molar-refractivity contribution in [3.63, 3.8) is 0 Å². The van der Waals surface area contributed by atoms with Crippen LogP contribution in [0.2, 0.25) is 0 Å². The van der Waals surface area contributed by atoms with E-state index >= 15 is 0 Å². The lowest BCUT2D eigenvalue weighted by Crippen LogP contribution is -2.07. The number of nitrogen functional groups attached to an aromatic ring is 1. The number of carbonyl (C=O) groups is 1. The van der Waals surface area contributed by atoms with E-state index in [1.165, 1.54) is 10.4 Å². The molecule has 2 aromatic rings. The van der Waals surface area contributed by atoms with Crippen LogP contribution in [-0.4, -0.2) is 31.6 Å². The summed E-state index contributed by atoms with van der Waals surface area (Å²) in [6.45, 7) is 2.60. The summed E-state index contributed by atoms with van der Waals surface area (Å²) in [5.74, 6) is -0.641. The number of hydrogen-bond donors (Lipinski definition) is 2. The zero-order valence-corrected chi connectivity index (χ0v) is 11.3. The molecule has 0 saturated carbocycles. The molecule has 8 heteroatoms. The Balaban J connectivity index is 2.19. The van der Waals surface area contributed by atoms with Gasteiger partial charge in [-0.25, -0.2) is 0 Å². The highest BCUT2D eigenvalue weighted by molar-refractivity contribution is 7.99. The number of aromatic nitrogens is 3. The van der Waals surface area contributed by atoms with E-state index in [9.17, 15) is 4.79 Å². The number of carboxylic acid groups (broad SMARTS) is 1. The first-order valence-corrected chi connectivity index (χ1v) is 7.00. The Morgan fingerprint density at radius 2 is 2.39 bits per heavy atom. The highest BCUT2D eigenvalue weighted by Gasteiger charge is 2.13. The van der Waals surface area contributed by atoms with Gasteiger partial charge < -0.3 is 10.8 Å². The van der Waals surface area contributed by atoms with E-state index in [0.717, 1.165) is 11.8 Å². The minimum Gasteiger partial charge on any atom is -0.481 e. The van der Waals surface area contributed by atoms with Gasteiger partial charge in [0.05, 0.1) is 12.3 Å². The summed E-state index contributed by atoms with van der Waals surface area (Å²) in [5.41, 5.74) is 6.93. The van der Waals surface area contributed by atoms with Crippen molar-refractivity contribution in [2.75, 3.05) is 11.5 Å². The second-order valence-corrected chi connectivity index (χ2v) is 5.58. The molecule has 0 spiro atoms. The summed E-state index contributed by atoms with van der Waals surface area (Å²) in [4.78, 5) is 11.7. The highest BCUT2D eigenvalue weighted by atomic mass is 32.2. The van der Waals surface area contributed by atoms with Crippen LogP contribution in [0.3, 0.4) is 0 Å². The first-order valence-electron chi connectivity index (χ1n) is 5.14. The number of hydrogen-bond acceptors (Lipinski definition) is 6. The molecule has 0 unspecified atom stereocenters. The van der Waals surface area contributed by atoms with Gasteiger partial charge in [-0.3, -0.25) is 9.36 Å². The molecule has 2 heterocycles. The van der Waals surface area contributed by atoms with Gasteiger partial charge in [0.2, 0.25) is 5.95 Å². The van der Waals surface area contributed by atoms with Crippen molar-refractivity contribution in [2.45, 2.75) is 18.6 Å². The average molecular weight is 284 g/mol. The standard InChI is InChI=1S/C10H12N4O2S2/c1-6-2-3-17-7(6)4-14-9(11)12-13-10(14)18-5-8(15)16/h2-3H,4-5H2,1H3,(H2,11,12)(H,15,16). The molecule has 3 N–H and O–H groups in total. The molecular weight excluding hydrogens is 272 g/mol. The Morgan fingerprint density at radius 1 is 1.61 bits per heavy atom. The third-order valence-corrected chi connectivity index (χ3v) is 4.30. The van der Waals surface area contributed by atoms with Crippen LogP contribution in [-0.2, 0) is 11.3 Å². The highest BCUT2D eigenvalue weighted by Crippen LogP contribution is 2.23. The van der Waals surface area contributed by atoms with Crippen molar-refractivity contribution in [3.8, 4) is 0 Å². The number of thioether (sulfide) groups is 1. The maximum absolute atomic E-state index is 10.6. The molecule has 0 atom stereocenters. The molecule has 0 amide bonds. The molecule has 0 aliphatic carbocycles. The van der Waals surface area contributed by atoms with Gasteiger partial charge >= 0.3 is 5.97 Å². The fourth-order valence-corrected chi connectivity index (χ4v) is 2.95. The van der Waals surface area contributed by atoms with Gasteiger partial charge in [-0.15, -0.1) is 21.5 Å². The summed E-state index contributed by atoms with van der Waals surface area (Å²) in [6.07, 6.45) is 0. The van der Waals surface area contributed by atoms with E-state index < -0.39 is 5.97 Å². The number of aliphatic carboxylic acids is 1. The molecule has 18 heavy (non-hydrogen) atoms. The van der Waals surface area contributed by atoms with Crippen LogP contribution in [0.1, 0.15) is 10.4 Å². The number of aryl methyl sites for hydroxylation is 1.